The summed E-state index contributed by atoms with van der Waals surface area (Å²) in [6.07, 6.45) is 1.25. The van der Waals surface area contributed by atoms with Gasteiger partial charge in [0.2, 0.25) is 0 Å². The molecule has 5 rings (SSSR count). The molecule has 1 spiro atoms. The summed E-state index contributed by atoms with van der Waals surface area (Å²) in [5, 5.41) is 2.89. The molecule has 1 N–H and O–H groups in total. The number of ketones is 1. The Balaban J connectivity index is 1.39. The van der Waals surface area contributed by atoms with Crippen LogP contribution in [0.15, 0.2) is 60.7 Å². The van der Waals surface area contributed by atoms with Crippen LogP contribution in [-0.4, -0.2) is 33.7 Å². The van der Waals surface area contributed by atoms with Crippen molar-refractivity contribution in [2.75, 3.05) is 6.54 Å². The molecule has 0 saturated carbocycles. The molecule has 1 atom stereocenters. The van der Waals surface area contributed by atoms with Gasteiger partial charge in [-0.2, -0.15) is 0 Å². The maximum atomic E-state index is 13.4. The molecule has 1 fully saturated rings. The second-order valence-electron chi connectivity index (χ2n) is 8.66. The normalized spacial score (nSPS) is 19.5. The Morgan fingerprint density at radius 3 is 2.53 bits per heavy atom. The molecular weight excluding hydrogens is 402 g/mol. The minimum Gasteiger partial charge on any atom is -0.344 e. The first-order chi connectivity index (χ1) is 15.4. The third-order valence-corrected chi connectivity index (χ3v) is 6.78. The van der Waals surface area contributed by atoms with E-state index in [0.717, 1.165) is 39.4 Å². The maximum Gasteiger partial charge on any atom is 0.325 e. The summed E-state index contributed by atoms with van der Waals surface area (Å²) in [6.45, 7) is 4.27. The number of imide groups is 1. The van der Waals surface area contributed by atoms with Crippen LogP contribution in [0.2, 0.25) is 0 Å². The molecule has 6 heteroatoms. The van der Waals surface area contributed by atoms with Crippen molar-refractivity contribution < 1.29 is 14.4 Å². The van der Waals surface area contributed by atoms with Crippen molar-refractivity contribution in [3.8, 4) is 0 Å². The number of aromatic nitrogens is 1. The van der Waals surface area contributed by atoms with Crippen LogP contribution in [0.1, 0.15) is 44.9 Å². The van der Waals surface area contributed by atoms with Crippen LogP contribution in [0.25, 0.3) is 0 Å². The number of aryl methyl sites for hydroxylation is 2. The van der Waals surface area contributed by atoms with Gasteiger partial charge in [0.25, 0.3) is 5.91 Å². The number of carbonyl (C=O) groups is 3. The lowest BCUT2D eigenvalue weighted by molar-refractivity contribution is -0.131. The molecule has 1 aliphatic carbocycles. The number of nitrogens with one attached hydrogen (secondary N) is 1. The predicted molar refractivity (Wildman–Crippen MR) is 120 cm³/mol. The molecule has 1 saturated heterocycles. The molecule has 6 nitrogen and oxygen atoms in total. The number of rotatable bonds is 5. The molecule has 2 aliphatic rings. The second-order valence-corrected chi connectivity index (χ2v) is 8.66. The fourth-order valence-corrected chi connectivity index (χ4v) is 5.05. The van der Waals surface area contributed by atoms with Crippen molar-refractivity contribution in [1.82, 2.24) is 14.8 Å². The number of urea groups is 1. The average Bonchev–Trinajstić information content (AvgIpc) is 3.39. The highest BCUT2D eigenvalue weighted by molar-refractivity contribution is 6.12. The standard InChI is InChI=1S/C26H25N3O3/c1-17-14-21(18(2)28(17)15-19-8-4-3-5-9-19)23(30)16-29-24(31)26(27-25(29)32)13-12-20-10-6-7-11-22(20)26/h3-11,14H,12-13,15-16H2,1-2H3,(H,27,32)/t26-/m1/s1. The number of carbonyl (C=O) groups excluding carboxylic acids is 3. The van der Waals surface area contributed by atoms with Gasteiger partial charge in [-0.25, -0.2) is 4.79 Å². The SMILES string of the molecule is Cc1cc(C(=O)CN2C(=O)N[C@@]3(CCc4ccccc43)C2=O)c(C)n1Cc1ccccc1. The quantitative estimate of drug-likeness (QED) is 0.498. The Morgan fingerprint density at radius 1 is 1.03 bits per heavy atom. The summed E-state index contributed by atoms with van der Waals surface area (Å²) < 4.78 is 2.09. The Kier molecular flexibility index (Phi) is 4.73. The van der Waals surface area contributed by atoms with Crippen molar-refractivity contribution in [1.29, 1.82) is 0 Å². The summed E-state index contributed by atoms with van der Waals surface area (Å²) in [7, 11) is 0. The molecule has 2 heterocycles. The lowest BCUT2D eigenvalue weighted by Crippen LogP contribution is -2.42. The number of amides is 3. The number of hydrogen-bond donors (Lipinski definition) is 1. The smallest absolute Gasteiger partial charge is 0.325 e. The van der Waals surface area contributed by atoms with E-state index in [2.05, 4.69) is 9.88 Å². The van der Waals surface area contributed by atoms with Crippen molar-refractivity contribution in [3.05, 3.63) is 94.3 Å². The summed E-state index contributed by atoms with van der Waals surface area (Å²) in [4.78, 5) is 40.4. The van der Waals surface area contributed by atoms with Crippen LogP contribution in [0, 0.1) is 13.8 Å². The van der Waals surface area contributed by atoms with Crippen LogP contribution in [0.5, 0.6) is 0 Å². The van der Waals surface area contributed by atoms with Crippen molar-refractivity contribution in [3.63, 3.8) is 0 Å². The van der Waals surface area contributed by atoms with Crippen molar-refractivity contribution >= 4 is 17.7 Å². The molecule has 2 aromatic carbocycles. The molecule has 3 amide bonds. The third-order valence-electron chi connectivity index (χ3n) is 6.78. The average molecular weight is 428 g/mol. The van der Waals surface area contributed by atoms with Gasteiger partial charge in [-0.3, -0.25) is 14.5 Å². The number of nitrogens with zero attached hydrogens (tertiary/aromatic N) is 2. The molecule has 0 unspecified atom stereocenters. The monoisotopic (exact) mass is 427 g/mol. The van der Waals surface area contributed by atoms with Gasteiger partial charge in [0.1, 0.15) is 5.54 Å². The number of benzene rings is 2. The number of Topliss-reactive ketones (excluding diaryl/α,β-unsaturated/α-hetero) is 1. The van der Waals surface area contributed by atoms with Gasteiger partial charge in [-0.15, -0.1) is 0 Å². The summed E-state index contributed by atoms with van der Waals surface area (Å²) in [5.41, 5.74) is 4.36. The minimum atomic E-state index is -1.04. The molecule has 3 aromatic rings. The van der Waals surface area contributed by atoms with E-state index in [1.165, 1.54) is 0 Å². The van der Waals surface area contributed by atoms with Gasteiger partial charge < -0.3 is 9.88 Å². The lowest BCUT2D eigenvalue weighted by atomic mass is 9.92. The van der Waals surface area contributed by atoms with Gasteiger partial charge in [-0.1, -0.05) is 54.6 Å². The van der Waals surface area contributed by atoms with Crippen LogP contribution < -0.4 is 5.32 Å². The number of fused-ring (bicyclic) bond motifs is 2. The summed E-state index contributed by atoms with van der Waals surface area (Å²) in [5.74, 6) is -0.567. The first-order valence-corrected chi connectivity index (χ1v) is 10.9. The molecule has 1 aromatic heterocycles. The van der Waals surface area contributed by atoms with Crippen molar-refractivity contribution in [2.45, 2.75) is 38.8 Å². The van der Waals surface area contributed by atoms with Crippen LogP contribution in [-0.2, 0) is 23.3 Å². The molecule has 162 valence electrons. The first-order valence-electron chi connectivity index (χ1n) is 10.9. The van der Waals surface area contributed by atoms with Gasteiger partial charge in [0, 0.05) is 23.5 Å². The molecule has 32 heavy (non-hydrogen) atoms. The van der Waals surface area contributed by atoms with Crippen LogP contribution in [0.3, 0.4) is 0 Å². The highest BCUT2D eigenvalue weighted by Crippen LogP contribution is 2.41. The topological polar surface area (TPSA) is 71.4 Å². The highest BCUT2D eigenvalue weighted by atomic mass is 16.2. The van der Waals surface area contributed by atoms with E-state index < -0.39 is 11.6 Å². The molecule has 0 bridgehead atoms. The Hall–Kier alpha value is -3.67. The zero-order valence-electron chi connectivity index (χ0n) is 18.2. The van der Waals surface area contributed by atoms with Crippen LogP contribution >= 0.6 is 0 Å². The third kappa shape index (κ3) is 3.06. The van der Waals surface area contributed by atoms with E-state index >= 15 is 0 Å². The van der Waals surface area contributed by atoms with E-state index in [-0.39, 0.29) is 18.2 Å². The molecule has 0 radical (unpaired) electrons. The number of hydrogen-bond acceptors (Lipinski definition) is 3. The first kappa shape index (κ1) is 20.2. The molecule has 1 aliphatic heterocycles. The van der Waals surface area contributed by atoms with E-state index in [4.69, 9.17) is 0 Å². The van der Waals surface area contributed by atoms with E-state index in [1.807, 2.05) is 74.5 Å². The Bertz CT molecular complexity index is 1240. The van der Waals surface area contributed by atoms with Gasteiger partial charge in [0.15, 0.2) is 5.78 Å². The predicted octanol–water partition coefficient (Wildman–Crippen LogP) is 3.73. The fraction of sp³-hybridized carbons (Fsp3) is 0.269. The Labute approximate surface area is 186 Å². The summed E-state index contributed by atoms with van der Waals surface area (Å²) in [6, 6.07) is 19.1. The fourth-order valence-electron chi connectivity index (χ4n) is 5.05. The zero-order chi connectivity index (χ0) is 22.5. The lowest BCUT2D eigenvalue weighted by Gasteiger charge is -2.22. The second kappa shape index (κ2) is 7.48. The summed E-state index contributed by atoms with van der Waals surface area (Å²) >= 11 is 0. The van der Waals surface area contributed by atoms with Gasteiger partial charge in [-0.05, 0) is 49.4 Å². The maximum absolute atomic E-state index is 13.4. The van der Waals surface area contributed by atoms with Crippen molar-refractivity contribution in [2.24, 2.45) is 0 Å². The van der Waals surface area contributed by atoms with Gasteiger partial charge in [0.05, 0.1) is 6.54 Å². The highest BCUT2D eigenvalue weighted by Gasteiger charge is 2.55. The largest absolute Gasteiger partial charge is 0.344 e. The zero-order valence-corrected chi connectivity index (χ0v) is 18.2. The minimum absolute atomic E-state index is 0.232. The van der Waals surface area contributed by atoms with E-state index in [0.29, 0.717) is 18.5 Å². The van der Waals surface area contributed by atoms with Crippen LogP contribution in [0.4, 0.5) is 4.79 Å². The van der Waals surface area contributed by atoms with E-state index in [9.17, 15) is 14.4 Å². The Morgan fingerprint density at radius 2 is 1.75 bits per heavy atom. The van der Waals surface area contributed by atoms with E-state index in [1.54, 1.807) is 0 Å². The molecular formula is C26H25N3O3. The van der Waals surface area contributed by atoms with Gasteiger partial charge >= 0.3 is 6.03 Å².